The van der Waals surface area contributed by atoms with Crippen LogP contribution in [0.3, 0.4) is 0 Å². The monoisotopic (exact) mass is 266 g/mol. The Morgan fingerprint density at radius 3 is 2.00 bits per heavy atom. The third kappa shape index (κ3) is 5.78. The molecule has 0 aromatic heterocycles. The van der Waals surface area contributed by atoms with Crippen LogP contribution in [0.5, 0.6) is 5.75 Å². The van der Waals surface area contributed by atoms with Gasteiger partial charge in [0.25, 0.3) is 0 Å². The van der Waals surface area contributed by atoms with E-state index in [1.807, 2.05) is 0 Å². The SMILES string of the molecule is O=C(O)c1ccccc1O.[Cr].[Cr].[H-].[Na+]. The predicted octanol–water partition coefficient (Wildman–Crippen LogP) is -1.80. The average Bonchev–Trinajstić information content (AvgIpc) is 1.88. The number of aromatic carboxylic acids is 1. The molecule has 1 aromatic rings. The van der Waals surface area contributed by atoms with E-state index in [9.17, 15) is 4.79 Å². The van der Waals surface area contributed by atoms with Gasteiger partial charge in [-0.25, -0.2) is 4.79 Å². The van der Waals surface area contributed by atoms with Gasteiger partial charge >= 0.3 is 35.5 Å². The molecule has 0 aliphatic carbocycles. The number of phenols is 1. The topological polar surface area (TPSA) is 57.5 Å². The van der Waals surface area contributed by atoms with E-state index in [1.54, 1.807) is 12.1 Å². The summed E-state index contributed by atoms with van der Waals surface area (Å²) in [7, 11) is 0. The van der Waals surface area contributed by atoms with Crippen LogP contribution in [-0.4, -0.2) is 16.2 Å². The number of para-hydroxylation sites is 1. The molecule has 66 valence electrons. The minimum absolute atomic E-state index is 0. The summed E-state index contributed by atoms with van der Waals surface area (Å²) in [5.41, 5.74) is -0.0671. The molecule has 0 atom stereocenters. The third-order valence-electron chi connectivity index (χ3n) is 1.13. The Kier molecular flexibility index (Phi) is 13.5. The Morgan fingerprint density at radius 2 is 1.69 bits per heavy atom. The maximum Gasteiger partial charge on any atom is 1.00 e. The Bertz CT molecular complexity index is 273. The van der Waals surface area contributed by atoms with Gasteiger partial charge in [0.1, 0.15) is 11.3 Å². The molecule has 0 bridgehead atoms. The van der Waals surface area contributed by atoms with E-state index in [4.69, 9.17) is 10.2 Å². The smallest absolute Gasteiger partial charge is 1.00 e. The molecule has 0 unspecified atom stereocenters. The molecule has 1 aromatic carbocycles. The fraction of sp³-hybridized carbons (Fsp3) is 0. The second kappa shape index (κ2) is 9.12. The second-order valence-corrected chi connectivity index (χ2v) is 1.82. The molecule has 0 amide bonds. The Morgan fingerprint density at radius 1 is 1.23 bits per heavy atom. The maximum atomic E-state index is 10.3. The van der Waals surface area contributed by atoms with Gasteiger partial charge in [-0.05, 0) is 12.1 Å². The number of carbonyl (C=O) groups is 1. The number of benzene rings is 1. The summed E-state index contributed by atoms with van der Waals surface area (Å²) >= 11 is 0. The van der Waals surface area contributed by atoms with E-state index in [-0.39, 0.29) is 77.0 Å². The first kappa shape index (κ1) is 19.2. The van der Waals surface area contributed by atoms with Gasteiger partial charge in [0, 0.05) is 34.7 Å². The van der Waals surface area contributed by atoms with Crippen molar-refractivity contribution < 1.29 is 80.7 Å². The van der Waals surface area contributed by atoms with E-state index in [0.717, 1.165) is 0 Å². The van der Waals surface area contributed by atoms with Crippen molar-refractivity contribution in [2.24, 2.45) is 0 Å². The summed E-state index contributed by atoms with van der Waals surface area (Å²) in [5.74, 6) is -1.31. The molecule has 0 heterocycles. The number of rotatable bonds is 1. The fourth-order valence-electron chi connectivity index (χ4n) is 0.654. The zero-order chi connectivity index (χ0) is 7.56. The van der Waals surface area contributed by atoms with Crippen LogP contribution in [0.25, 0.3) is 0 Å². The minimum Gasteiger partial charge on any atom is -1.00 e. The largest absolute Gasteiger partial charge is 1.00 e. The van der Waals surface area contributed by atoms with Crippen LogP contribution >= 0.6 is 0 Å². The molecule has 1 rings (SSSR count). The molecular formula is C7H7Cr2NaO3. The van der Waals surface area contributed by atoms with Gasteiger partial charge in [0.15, 0.2) is 0 Å². The first-order valence-electron chi connectivity index (χ1n) is 2.73. The van der Waals surface area contributed by atoms with Crippen LogP contribution in [0.4, 0.5) is 0 Å². The van der Waals surface area contributed by atoms with E-state index in [2.05, 4.69) is 0 Å². The second-order valence-electron chi connectivity index (χ2n) is 1.82. The van der Waals surface area contributed by atoms with Crippen molar-refractivity contribution in [1.82, 2.24) is 0 Å². The Hall–Kier alpha value is 0.555. The first-order chi connectivity index (χ1) is 4.72. The molecule has 0 saturated heterocycles. The fourth-order valence-corrected chi connectivity index (χ4v) is 0.654. The van der Waals surface area contributed by atoms with Crippen molar-refractivity contribution in [3.05, 3.63) is 29.8 Å². The van der Waals surface area contributed by atoms with Gasteiger partial charge in [-0.15, -0.1) is 0 Å². The Labute approximate surface area is 121 Å². The number of aromatic hydroxyl groups is 1. The molecular weight excluding hydrogens is 259 g/mol. The molecule has 0 aliphatic rings. The third-order valence-corrected chi connectivity index (χ3v) is 1.13. The molecule has 6 heteroatoms. The number of hydrogen-bond acceptors (Lipinski definition) is 2. The molecule has 0 radical (unpaired) electrons. The maximum absolute atomic E-state index is 10.3. The van der Waals surface area contributed by atoms with Gasteiger partial charge in [-0.1, -0.05) is 12.1 Å². The summed E-state index contributed by atoms with van der Waals surface area (Å²) < 4.78 is 0. The van der Waals surface area contributed by atoms with Crippen LogP contribution in [-0.2, 0) is 34.7 Å². The van der Waals surface area contributed by atoms with Crippen LogP contribution in [0.15, 0.2) is 24.3 Å². The van der Waals surface area contributed by atoms with E-state index in [0.29, 0.717) is 0 Å². The van der Waals surface area contributed by atoms with Crippen molar-refractivity contribution in [3.63, 3.8) is 0 Å². The van der Waals surface area contributed by atoms with Gasteiger partial charge in [0.2, 0.25) is 0 Å². The van der Waals surface area contributed by atoms with Crippen molar-refractivity contribution in [1.29, 1.82) is 0 Å². The van der Waals surface area contributed by atoms with Crippen LogP contribution in [0.1, 0.15) is 11.8 Å². The first-order valence-corrected chi connectivity index (χ1v) is 2.73. The molecule has 0 fully saturated rings. The molecule has 2 N–H and O–H groups in total. The standard InChI is InChI=1S/C7H6O3.2Cr.Na.H/c8-6-4-2-1-3-5(6)7(9)10;;;;/h1-4,8H,(H,9,10);;;;/q;;;+1;-1. The summed E-state index contributed by atoms with van der Waals surface area (Å²) in [5, 5.41) is 17.3. The molecule has 0 aliphatic heterocycles. The van der Waals surface area contributed by atoms with Gasteiger partial charge in [-0.3, -0.25) is 0 Å². The Balaban J connectivity index is -0.000000125. The molecule has 0 saturated carbocycles. The molecule has 13 heavy (non-hydrogen) atoms. The summed E-state index contributed by atoms with van der Waals surface area (Å²) in [6, 6.07) is 5.81. The number of carboxylic acids is 1. The van der Waals surface area contributed by atoms with Crippen molar-refractivity contribution in [2.45, 2.75) is 0 Å². The summed E-state index contributed by atoms with van der Waals surface area (Å²) in [6.07, 6.45) is 0. The van der Waals surface area contributed by atoms with Crippen LogP contribution < -0.4 is 29.6 Å². The van der Waals surface area contributed by atoms with Gasteiger partial charge in [0.05, 0.1) is 0 Å². The minimum atomic E-state index is -1.11. The number of carboxylic acid groups (broad SMARTS) is 1. The van der Waals surface area contributed by atoms with E-state index in [1.165, 1.54) is 12.1 Å². The van der Waals surface area contributed by atoms with Gasteiger partial charge in [-0.2, -0.15) is 0 Å². The predicted molar refractivity (Wildman–Crippen MR) is 36.2 cm³/mol. The zero-order valence-corrected chi connectivity index (χ0v) is 11.5. The number of hydrogen-bond donors (Lipinski definition) is 2. The quantitative estimate of drug-likeness (QED) is 0.590. The van der Waals surface area contributed by atoms with Crippen molar-refractivity contribution in [2.75, 3.05) is 0 Å². The molecule has 3 nitrogen and oxygen atoms in total. The summed E-state index contributed by atoms with van der Waals surface area (Å²) in [4.78, 5) is 10.3. The zero-order valence-electron chi connectivity index (χ0n) is 7.93. The molecule has 0 spiro atoms. The normalized spacial score (nSPS) is 7.08. The van der Waals surface area contributed by atoms with E-state index >= 15 is 0 Å². The van der Waals surface area contributed by atoms with Crippen molar-refractivity contribution >= 4 is 5.97 Å². The van der Waals surface area contributed by atoms with E-state index < -0.39 is 5.97 Å². The summed E-state index contributed by atoms with van der Waals surface area (Å²) in [6.45, 7) is 0. The van der Waals surface area contributed by atoms with Crippen LogP contribution in [0.2, 0.25) is 0 Å². The average molecular weight is 266 g/mol. The van der Waals surface area contributed by atoms with Crippen LogP contribution in [0, 0.1) is 0 Å². The van der Waals surface area contributed by atoms with Crippen molar-refractivity contribution in [3.8, 4) is 5.75 Å². The van der Waals surface area contributed by atoms with Gasteiger partial charge < -0.3 is 11.6 Å².